The predicted molar refractivity (Wildman–Crippen MR) is 114 cm³/mol. The van der Waals surface area contributed by atoms with E-state index in [9.17, 15) is 9.18 Å². The van der Waals surface area contributed by atoms with Gasteiger partial charge in [0.2, 0.25) is 5.82 Å². The smallest absolute Gasteiger partial charge is 0.344 e. The first kappa shape index (κ1) is 22.3. The van der Waals surface area contributed by atoms with Gasteiger partial charge in [-0.2, -0.15) is 4.98 Å². The van der Waals surface area contributed by atoms with E-state index in [0.717, 1.165) is 0 Å². The van der Waals surface area contributed by atoms with Crippen LogP contribution in [0.2, 0.25) is 5.02 Å². The lowest BCUT2D eigenvalue weighted by Gasteiger charge is -2.07. The van der Waals surface area contributed by atoms with Crippen molar-refractivity contribution in [2.75, 3.05) is 14.2 Å². The number of rotatable bonds is 7. The van der Waals surface area contributed by atoms with E-state index in [1.54, 1.807) is 18.2 Å². The van der Waals surface area contributed by atoms with E-state index in [1.165, 1.54) is 39.3 Å². The molecule has 2 heterocycles. The molecule has 0 spiro atoms. The topological polar surface area (TPSA) is 110 Å². The molecule has 0 saturated heterocycles. The fraction of sp³-hybridized carbons (Fsp3) is 0.182. The minimum atomic E-state index is -0.811. The maximum absolute atomic E-state index is 14.3. The van der Waals surface area contributed by atoms with Crippen LogP contribution in [0.1, 0.15) is 22.0 Å². The molecule has 4 rings (SSSR count). The first-order valence-electron chi connectivity index (χ1n) is 9.55. The van der Waals surface area contributed by atoms with Gasteiger partial charge in [-0.05, 0) is 37.3 Å². The van der Waals surface area contributed by atoms with Crippen molar-refractivity contribution in [1.82, 2.24) is 15.3 Å². The molecule has 0 amide bonds. The van der Waals surface area contributed by atoms with Crippen molar-refractivity contribution >= 4 is 17.6 Å². The highest BCUT2D eigenvalue weighted by Gasteiger charge is 2.27. The van der Waals surface area contributed by atoms with Crippen LogP contribution in [-0.4, -0.2) is 35.5 Å². The highest BCUT2D eigenvalue weighted by molar-refractivity contribution is 6.33. The van der Waals surface area contributed by atoms with E-state index in [0.29, 0.717) is 17.1 Å². The number of carbonyl (C=O) groups is 1. The van der Waals surface area contributed by atoms with E-state index >= 15 is 0 Å². The fourth-order valence-electron chi connectivity index (χ4n) is 3.11. The Labute approximate surface area is 192 Å². The molecule has 0 unspecified atom stereocenters. The molecule has 0 saturated carbocycles. The van der Waals surface area contributed by atoms with Gasteiger partial charge in [0.15, 0.2) is 18.1 Å². The molecule has 33 heavy (non-hydrogen) atoms. The largest absolute Gasteiger partial charge is 0.493 e. The van der Waals surface area contributed by atoms with Crippen molar-refractivity contribution in [3.63, 3.8) is 0 Å². The molecule has 0 fully saturated rings. The van der Waals surface area contributed by atoms with Crippen LogP contribution in [0.25, 0.3) is 22.6 Å². The summed E-state index contributed by atoms with van der Waals surface area (Å²) < 4.78 is 40.4. The number of benzene rings is 2. The third-order valence-corrected chi connectivity index (χ3v) is 5.02. The summed E-state index contributed by atoms with van der Waals surface area (Å²) in [5, 5.41) is 7.75. The van der Waals surface area contributed by atoms with Gasteiger partial charge in [0.25, 0.3) is 5.89 Å². The zero-order valence-corrected chi connectivity index (χ0v) is 18.5. The van der Waals surface area contributed by atoms with Crippen molar-refractivity contribution in [2.45, 2.75) is 13.5 Å². The van der Waals surface area contributed by atoms with Crippen LogP contribution < -0.4 is 9.47 Å². The first-order chi connectivity index (χ1) is 15.9. The second kappa shape index (κ2) is 9.29. The van der Waals surface area contributed by atoms with Gasteiger partial charge in [-0.3, -0.25) is 0 Å². The second-order valence-corrected chi connectivity index (χ2v) is 7.12. The molecule has 4 aromatic rings. The van der Waals surface area contributed by atoms with Crippen LogP contribution in [0.3, 0.4) is 0 Å². The highest BCUT2D eigenvalue weighted by Crippen LogP contribution is 2.34. The molecule has 0 aliphatic rings. The summed E-state index contributed by atoms with van der Waals surface area (Å²) in [6.07, 6.45) is 0. The molecule has 9 nitrogen and oxygen atoms in total. The number of hydrogen-bond donors (Lipinski definition) is 0. The third kappa shape index (κ3) is 4.37. The summed E-state index contributed by atoms with van der Waals surface area (Å²) >= 11 is 6.10. The zero-order chi connectivity index (χ0) is 23.5. The van der Waals surface area contributed by atoms with Crippen LogP contribution in [0, 0.1) is 12.7 Å². The lowest BCUT2D eigenvalue weighted by atomic mass is 10.1. The summed E-state index contributed by atoms with van der Waals surface area (Å²) in [5.74, 6) is 0.0413. The molecule has 0 bridgehead atoms. The van der Waals surface area contributed by atoms with E-state index in [4.69, 9.17) is 34.9 Å². The van der Waals surface area contributed by atoms with Crippen LogP contribution in [0.15, 0.2) is 45.4 Å². The maximum Gasteiger partial charge on any atom is 0.344 e. The number of methoxy groups -OCH3 is 2. The standard InChI is InChI=1S/C22H17ClFN3O6/c1-11-18(20(26-32-11)19-13(23)5-4-6-14(19)24)22(28)31-10-17-25-21(27-33-17)12-7-8-15(29-2)16(9-12)30-3/h4-9H,10H2,1-3H3. The molecule has 0 atom stereocenters. The van der Waals surface area contributed by atoms with Crippen molar-refractivity contribution in [1.29, 1.82) is 0 Å². The number of aryl methyl sites for hydroxylation is 1. The molecular weight excluding hydrogens is 457 g/mol. The average molecular weight is 474 g/mol. The Morgan fingerprint density at radius 3 is 2.61 bits per heavy atom. The van der Waals surface area contributed by atoms with E-state index < -0.39 is 11.8 Å². The number of ether oxygens (including phenoxy) is 3. The molecule has 0 aliphatic heterocycles. The van der Waals surface area contributed by atoms with Crippen LogP contribution >= 0.6 is 11.6 Å². The number of halogens is 2. The summed E-state index contributed by atoms with van der Waals surface area (Å²) in [7, 11) is 3.04. The average Bonchev–Trinajstić information content (AvgIpc) is 3.44. The minimum Gasteiger partial charge on any atom is -0.493 e. The third-order valence-electron chi connectivity index (χ3n) is 4.70. The molecule has 0 radical (unpaired) electrons. The number of hydrogen-bond acceptors (Lipinski definition) is 9. The van der Waals surface area contributed by atoms with Gasteiger partial charge in [-0.15, -0.1) is 0 Å². The molecule has 11 heteroatoms. The lowest BCUT2D eigenvalue weighted by molar-refractivity contribution is 0.0428. The highest BCUT2D eigenvalue weighted by atomic mass is 35.5. The van der Waals surface area contributed by atoms with Crippen molar-refractivity contribution in [3.05, 3.63) is 64.5 Å². The number of nitrogens with zero attached hydrogens (tertiary/aromatic N) is 3. The van der Waals surface area contributed by atoms with Crippen molar-refractivity contribution in [2.24, 2.45) is 0 Å². The monoisotopic (exact) mass is 473 g/mol. The van der Waals surface area contributed by atoms with Crippen LogP contribution in [-0.2, 0) is 11.3 Å². The summed E-state index contributed by atoms with van der Waals surface area (Å²) in [5.41, 5.74) is 0.440. The Morgan fingerprint density at radius 1 is 1.09 bits per heavy atom. The van der Waals surface area contributed by atoms with Crippen molar-refractivity contribution < 1.29 is 32.4 Å². The van der Waals surface area contributed by atoms with Gasteiger partial charge < -0.3 is 23.3 Å². The van der Waals surface area contributed by atoms with Gasteiger partial charge in [0.1, 0.15) is 22.8 Å². The minimum absolute atomic E-state index is 0.0488. The number of carbonyl (C=O) groups excluding carboxylic acids is 1. The van der Waals surface area contributed by atoms with Gasteiger partial charge >= 0.3 is 5.97 Å². The van der Waals surface area contributed by atoms with E-state index in [2.05, 4.69) is 15.3 Å². The number of esters is 1. The Balaban J connectivity index is 1.53. The quantitative estimate of drug-likeness (QED) is 0.347. The summed E-state index contributed by atoms with van der Waals surface area (Å²) in [4.78, 5) is 17.0. The Morgan fingerprint density at radius 2 is 1.88 bits per heavy atom. The molecule has 0 N–H and O–H groups in total. The van der Waals surface area contributed by atoms with Gasteiger partial charge in [-0.1, -0.05) is 28.0 Å². The SMILES string of the molecule is COc1ccc(-c2noc(COC(=O)c3c(-c4c(F)cccc4Cl)noc3C)n2)cc1OC. The van der Waals surface area contributed by atoms with Gasteiger partial charge in [0, 0.05) is 5.56 Å². The predicted octanol–water partition coefficient (Wildman–Crippen LogP) is 4.87. The second-order valence-electron chi connectivity index (χ2n) is 6.72. The molecular formula is C22H17ClFN3O6. The van der Waals surface area contributed by atoms with Gasteiger partial charge in [-0.25, -0.2) is 9.18 Å². The van der Waals surface area contributed by atoms with Gasteiger partial charge in [0.05, 0.1) is 24.8 Å². The fourth-order valence-corrected chi connectivity index (χ4v) is 3.37. The summed E-state index contributed by atoms with van der Waals surface area (Å²) in [6.45, 7) is 1.18. The Bertz CT molecular complexity index is 1300. The first-order valence-corrected chi connectivity index (χ1v) is 9.93. The maximum atomic E-state index is 14.3. The van der Waals surface area contributed by atoms with Crippen molar-refractivity contribution in [3.8, 4) is 34.1 Å². The molecule has 2 aromatic heterocycles. The van der Waals surface area contributed by atoms with Crippen LogP contribution in [0.5, 0.6) is 11.5 Å². The van der Waals surface area contributed by atoms with E-state index in [1.807, 2.05) is 0 Å². The van der Waals surface area contributed by atoms with E-state index in [-0.39, 0.29) is 45.9 Å². The Hall–Kier alpha value is -3.92. The number of aromatic nitrogens is 3. The lowest BCUT2D eigenvalue weighted by Crippen LogP contribution is -2.08. The molecule has 170 valence electrons. The normalized spacial score (nSPS) is 10.8. The zero-order valence-electron chi connectivity index (χ0n) is 17.7. The van der Waals surface area contributed by atoms with Crippen LogP contribution in [0.4, 0.5) is 4.39 Å². The summed E-state index contributed by atoms with van der Waals surface area (Å²) in [6, 6.07) is 9.24. The Kier molecular flexibility index (Phi) is 6.27. The molecule has 0 aliphatic carbocycles. The molecule has 2 aromatic carbocycles.